The Hall–Kier alpha value is -1.68. The lowest BCUT2D eigenvalue weighted by molar-refractivity contribution is -0.154. The van der Waals surface area contributed by atoms with Crippen LogP contribution < -0.4 is 0 Å². The van der Waals surface area contributed by atoms with E-state index < -0.39 is 11.8 Å². The molecule has 1 rings (SSSR count). The number of Topliss-reactive ketones (excluding diaryl/α,β-unsaturated/α-hetero) is 1. The van der Waals surface area contributed by atoms with Crippen LogP contribution in [0.3, 0.4) is 0 Å². The van der Waals surface area contributed by atoms with E-state index in [1.165, 1.54) is 5.56 Å². The lowest BCUT2D eigenvalue weighted by atomic mass is 10.2. The predicted octanol–water partition coefficient (Wildman–Crippen LogP) is 1.64. The Morgan fingerprint density at radius 3 is 2.50 bits per heavy atom. The molecule has 1 aromatic rings. The number of hydrogen-bond donors (Lipinski definition) is 0. The van der Waals surface area contributed by atoms with Crippen molar-refractivity contribution < 1.29 is 14.3 Å². The quantitative estimate of drug-likeness (QED) is 0.544. The Bertz CT molecular complexity index is 389. The van der Waals surface area contributed by atoms with E-state index in [1.54, 1.807) is 6.92 Å². The van der Waals surface area contributed by atoms with Crippen molar-refractivity contribution in [3.63, 3.8) is 0 Å². The molecule has 0 N–H and O–H groups in total. The Morgan fingerprint density at radius 1 is 1.22 bits per heavy atom. The molecule has 0 unspecified atom stereocenters. The third kappa shape index (κ3) is 5.10. The lowest BCUT2D eigenvalue weighted by Crippen LogP contribution is -2.26. The Morgan fingerprint density at radius 2 is 1.89 bits per heavy atom. The van der Waals surface area contributed by atoms with Crippen molar-refractivity contribution in [1.82, 2.24) is 4.90 Å². The van der Waals surface area contributed by atoms with Crippen LogP contribution in [0.15, 0.2) is 30.3 Å². The van der Waals surface area contributed by atoms with E-state index in [0.29, 0.717) is 6.54 Å². The van der Waals surface area contributed by atoms with Crippen molar-refractivity contribution in [2.24, 2.45) is 0 Å². The fraction of sp³-hybridized carbons (Fsp3) is 0.429. The molecule has 0 spiro atoms. The first kappa shape index (κ1) is 14.4. The molecule has 0 heterocycles. The van der Waals surface area contributed by atoms with Gasteiger partial charge in [-0.15, -0.1) is 0 Å². The number of likely N-dealkylation sites (N-methyl/N-ethyl adjacent to an activating group) is 1. The summed E-state index contributed by atoms with van der Waals surface area (Å²) in [4.78, 5) is 24.2. The highest BCUT2D eigenvalue weighted by Gasteiger charge is 2.12. The monoisotopic (exact) mass is 249 g/mol. The summed E-state index contributed by atoms with van der Waals surface area (Å²) >= 11 is 0. The molecule has 0 atom stereocenters. The zero-order valence-electron chi connectivity index (χ0n) is 10.9. The Kier molecular flexibility index (Phi) is 6.08. The van der Waals surface area contributed by atoms with Crippen LogP contribution in [-0.4, -0.2) is 36.9 Å². The van der Waals surface area contributed by atoms with E-state index in [-0.39, 0.29) is 13.0 Å². The molecule has 0 saturated heterocycles. The summed E-state index contributed by atoms with van der Waals surface area (Å²) in [6.45, 7) is 3.29. The van der Waals surface area contributed by atoms with Gasteiger partial charge in [0.15, 0.2) is 0 Å². The number of rotatable bonds is 7. The number of benzene rings is 1. The summed E-state index contributed by atoms with van der Waals surface area (Å²) in [7, 11) is 1.95. The molecular formula is C14H19NO3. The zero-order chi connectivity index (χ0) is 13.4. The van der Waals surface area contributed by atoms with Gasteiger partial charge in [0.25, 0.3) is 0 Å². The van der Waals surface area contributed by atoms with E-state index in [0.717, 1.165) is 6.54 Å². The van der Waals surface area contributed by atoms with E-state index in [2.05, 4.69) is 0 Å². The molecule has 0 bridgehead atoms. The van der Waals surface area contributed by atoms with Crippen molar-refractivity contribution in [1.29, 1.82) is 0 Å². The van der Waals surface area contributed by atoms with Crippen LogP contribution >= 0.6 is 0 Å². The average Bonchev–Trinajstić information content (AvgIpc) is 2.38. The molecule has 0 fully saturated rings. The average molecular weight is 249 g/mol. The van der Waals surface area contributed by atoms with Gasteiger partial charge in [0, 0.05) is 19.5 Å². The van der Waals surface area contributed by atoms with Crippen LogP contribution in [0.5, 0.6) is 0 Å². The second-order valence-corrected chi connectivity index (χ2v) is 4.14. The number of carbonyl (C=O) groups excluding carboxylic acids is 2. The molecule has 0 aliphatic carbocycles. The molecule has 4 heteroatoms. The Balaban J connectivity index is 2.24. The molecular weight excluding hydrogens is 230 g/mol. The van der Waals surface area contributed by atoms with Crippen molar-refractivity contribution in [3.05, 3.63) is 35.9 Å². The maximum absolute atomic E-state index is 11.1. The number of esters is 1. The summed E-state index contributed by atoms with van der Waals surface area (Å²) in [5, 5.41) is 0. The number of ether oxygens (including phenoxy) is 1. The van der Waals surface area contributed by atoms with Gasteiger partial charge >= 0.3 is 5.97 Å². The van der Waals surface area contributed by atoms with Gasteiger partial charge in [-0.3, -0.25) is 9.69 Å². The molecule has 0 aliphatic rings. The van der Waals surface area contributed by atoms with Gasteiger partial charge in [0.05, 0.1) is 0 Å². The molecule has 0 amide bonds. The predicted molar refractivity (Wildman–Crippen MR) is 69.0 cm³/mol. The summed E-state index contributed by atoms with van der Waals surface area (Å²) < 4.78 is 4.87. The van der Waals surface area contributed by atoms with Gasteiger partial charge in [0.1, 0.15) is 6.61 Å². The maximum Gasteiger partial charge on any atom is 0.374 e. The molecule has 18 heavy (non-hydrogen) atoms. The van der Waals surface area contributed by atoms with Gasteiger partial charge in [-0.05, 0) is 12.6 Å². The van der Waals surface area contributed by atoms with Crippen molar-refractivity contribution in [3.8, 4) is 0 Å². The zero-order valence-corrected chi connectivity index (χ0v) is 10.9. The third-order valence-electron chi connectivity index (χ3n) is 2.55. The lowest BCUT2D eigenvalue weighted by Gasteiger charge is -2.16. The standard InChI is InChI=1S/C14H19NO3/c1-3-13(16)14(17)18-10-9-15(2)11-12-7-5-4-6-8-12/h4-8H,3,9-11H2,1-2H3. The highest BCUT2D eigenvalue weighted by Crippen LogP contribution is 2.02. The van der Waals surface area contributed by atoms with Gasteiger partial charge in [0.2, 0.25) is 5.78 Å². The van der Waals surface area contributed by atoms with Crippen LogP contribution in [-0.2, 0) is 20.9 Å². The fourth-order valence-corrected chi connectivity index (χ4v) is 1.49. The molecule has 4 nitrogen and oxygen atoms in total. The Labute approximate surface area is 108 Å². The van der Waals surface area contributed by atoms with E-state index in [9.17, 15) is 9.59 Å². The molecule has 0 radical (unpaired) electrons. The number of ketones is 1. The first-order valence-corrected chi connectivity index (χ1v) is 6.06. The first-order valence-electron chi connectivity index (χ1n) is 6.06. The third-order valence-corrected chi connectivity index (χ3v) is 2.55. The molecule has 1 aromatic carbocycles. The highest BCUT2D eigenvalue weighted by molar-refractivity contribution is 6.33. The van der Waals surface area contributed by atoms with Crippen LogP contribution in [0, 0.1) is 0 Å². The van der Waals surface area contributed by atoms with E-state index in [4.69, 9.17) is 4.74 Å². The van der Waals surface area contributed by atoms with Crippen LogP contribution in [0.1, 0.15) is 18.9 Å². The molecule has 98 valence electrons. The molecule has 0 saturated carbocycles. The minimum absolute atomic E-state index is 0.193. The maximum atomic E-state index is 11.1. The van der Waals surface area contributed by atoms with Gasteiger partial charge in [-0.2, -0.15) is 0 Å². The second kappa shape index (κ2) is 7.61. The summed E-state index contributed by atoms with van der Waals surface area (Å²) in [5.74, 6) is -1.20. The summed E-state index contributed by atoms with van der Waals surface area (Å²) in [5.41, 5.74) is 1.20. The minimum Gasteiger partial charge on any atom is -0.459 e. The van der Waals surface area contributed by atoms with Crippen molar-refractivity contribution in [2.45, 2.75) is 19.9 Å². The topological polar surface area (TPSA) is 46.6 Å². The van der Waals surface area contributed by atoms with Crippen LogP contribution in [0.25, 0.3) is 0 Å². The minimum atomic E-state index is -0.731. The van der Waals surface area contributed by atoms with Gasteiger partial charge < -0.3 is 4.74 Å². The van der Waals surface area contributed by atoms with Crippen molar-refractivity contribution in [2.75, 3.05) is 20.2 Å². The number of carbonyl (C=O) groups is 2. The van der Waals surface area contributed by atoms with Crippen molar-refractivity contribution >= 4 is 11.8 Å². The summed E-state index contributed by atoms with van der Waals surface area (Å²) in [6, 6.07) is 10.0. The van der Waals surface area contributed by atoms with Crippen LogP contribution in [0.4, 0.5) is 0 Å². The normalized spacial score (nSPS) is 10.4. The van der Waals surface area contributed by atoms with Gasteiger partial charge in [-0.1, -0.05) is 37.3 Å². The molecule has 0 aliphatic heterocycles. The second-order valence-electron chi connectivity index (χ2n) is 4.14. The van der Waals surface area contributed by atoms with E-state index in [1.807, 2.05) is 42.3 Å². The fourth-order valence-electron chi connectivity index (χ4n) is 1.49. The van der Waals surface area contributed by atoms with Gasteiger partial charge in [-0.25, -0.2) is 4.79 Å². The molecule has 0 aromatic heterocycles. The smallest absolute Gasteiger partial charge is 0.374 e. The summed E-state index contributed by atoms with van der Waals surface area (Å²) in [6.07, 6.45) is 0.193. The van der Waals surface area contributed by atoms with E-state index >= 15 is 0 Å². The first-order chi connectivity index (χ1) is 8.63. The SMILES string of the molecule is CCC(=O)C(=O)OCCN(C)Cc1ccccc1. The van der Waals surface area contributed by atoms with Crippen LogP contribution in [0.2, 0.25) is 0 Å². The highest BCUT2D eigenvalue weighted by atomic mass is 16.5. The largest absolute Gasteiger partial charge is 0.459 e. The number of nitrogens with zero attached hydrogens (tertiary/aromatic N) is 1. The number of hydrogen-bond acceptors (Lipinski definition) is 4.